The summed E-state index contributed by atoms with van der Waals surface area (Å²) < 4.78 is 0. The first-order valence-corrected chi connectivity index (χ1v) is 6.04. The zero-order chi connectivity index (χ0) is 13.7. The molecule has 1 heterocycles. The van der Waals surface area contributed by atoms with Gasteiger partial charge in [0.25, 0.3) is 0 Å². The Morgan fingerprint density at radius 1 is 1.16 bits per heavy atom. The van der Waals surface area contributed by atoms with Gasteiger partial charge in [-0.25, -0.2) is 9.97 Å². The van der Waals surface area contributed by atoms with Gasteiger partial charge in [-0.3, -0.25) is 4.90 Å². The number of anilines is 3. The Morgan fingerprint density at radius 3 is 2.47 bits per heavy atom. The minimum atomic E-state index is 0.585. The van der Waals surface area contributed by atoms with Crippen LogP contribution in [0.15, 0.2) is 42.7 Å². The largest absolute Gasteiger partial charge is 0.327 e. The Hall–Kier alpha value is -2.61. The van der Waals surface area contributed by atoms with Crippen molar-refractivity contribution < 1.29 is 0 Å². The van der Waals surface area contributed by atoms with Crippen molar-refractivity contribution in [2.24, 2.45) is 0 Å². The molecule has 0 spiro atoms. The van der Waals surface area contributed by atoms with Gasteiger partial charge in [0.2, 0.25) is 0 Å². The lowest BCUT2D eigenvalue weighted by Crippen LogP contribution is -2.18. The molecule has 2 aromatic rings. The van der Waals surface area contributed by atoms with Crippen molar-refractivity contribution in [2.75, 3.05) is 23.4 Å². The van der Waals surface area contributed by atoms with Crippen LogP contribution in [0.2, 0.25) is 0 Å². The van der Waals surface area contributed by atoms with Gasteiger partial charge >= 0.3 is 0 Å². The molecule has 0 N–H and O–H groups in total. The summed E-state index contributed by atoms with van der Waals surface area (Å²) in [5.74, 6) is 1.36. The highest BCUT2D eigenvalue weighted by molar-refractivity contribution is 5.62. The lowest BCUT2D eigenvalue weighted by molar-refractivity contribution is 0.968. The van der Waals surface area contributed by atoms with Crippen LogP contribution in [0.4, 0.5) is 17.3 Å². The Bertz CT molecular complexity index is 576. The highest BCUT2D eigenvalue weighted by Gasteiger charge is 2.10. The van der Waals surface area contributed by atoms with Crippen LogP contribution in [-0.4, -0.2) is 23.6 Å². The summed E-state index contributed by atoms with van der Waals surface area (Å²) >= 11 is 0. The SMILES string of the molecule is CCN(c1ccccc1)c1cc(N(C)C#N)ncn1. The summed E-state index contributed by atoms with van der Waals surface area (Å²) in [6.45, 7) is 2.85. The van der Waals surface area contributed by atoms with Crippen molar-refractivity contribution >= 4 is 17.3 Å². The summed E-state index contributed by atoms with van der Waals surface area (Å²) in [7, 11) is 1.67. The molecular weight excluding hydrogens is 238 g/mol. The van der Waals surface area contributed by atoms with Crippen LogP contribution in [0.25, 0.3) is 0 Å². The molecule has 2 rings (SSSR count). The summed E-state index contributed by atoms with van der Waals surface area (Å²) in [6.07, 6.45) is 3.51. The number of nitriles is 1. The molecule has 5 nitrogen and oxygen atoms in total. The van der Waals surface area contributed by atoms with Crippen LogP contribution >= 0.6 is 0 Å². The van der Waals surface area contributed by atoms with E-state index in [1.807, 2.05) is 36.5 Å². The topological polar surface area (TPSA) is 56.0 Å². The van der Waals surface area contributed by atoms with Crippen LogP contribution in [-0.2, 0) is 0 Å². The molecule has 0 fully saturated rings. The molecule has 0 atom stereocenters. The van der Waals surface area contributed by atoms with Crippen molar-refractivity contribution in [3.8, 4) is 6.19 Å². The third kappa shape index (κ3) is 2.80. The van der Waals surface area contributed by atoms with Crippen molar-refractivity contribution in [3.63, 3.8) is 0 Å². The van der Waals surface area contributed by atoms with Crippen LogP contribution in [0, 0.1) is 11.5 Å². The minimum Gasteiger partial charge on any atom is -0.327 e. The van der Waals surface area contributed by atoms with Gasteiger partial charge in [-0.1, -0.05) is 18.2 Å². The fourth-order valence-electron chi connectivity index (χ4n) is 1.80. The predicted octanol–water partition coefficient (Wildman–Crippen LogP) is 2.55. The third-order valence-corrected chi connectivity index (χ3v) is 2.79. The predicted molar refractivity (Wildman–Crippen MR) is 75.2 cm³/mol. The monoisotopic (exact) mass is 253 g/mol. The van der Waals surface area contributed by atoms with E-state index in [0.717, 1.165) is 18.1 Å². The van der Waals surface area contributed by atoms with Gasteiger partial charge in [0.05, 0.1) is 0 Å². The van der Waals surface area contributed by atoms with Crippen molar-refractivity contribution in [3.05, 3.63) is 42.7 Å². The first kappa shape index (κ1) is 12.8. The molecule has 1 aromatic heterocycles. The van der Waals surface area contributed by atoms with E-state index in [1.165, 1.54) is 11.2 Å². The van der Waals surface area contributed by atoms with E-state index in [-0.39, 0.29) is 0 Å². The van der Waals surface area contributed by atoms with Crippen molar-refractivity contribution in [1.82, 2.24) is 9.97 Å². The van der Waals surface area contributed by atoms with Crippen LogP contribution in [0.1, 0.15) is 6.92 Å². The van der Waals surface area contributed by atoms with E-state index in [2.05, 4.69) is 21.8 Å². The summed E-state index contributed by atoms with van der Waals surface area (Å²) in [4.78, 5) is 11.8. The Balaban J connectivity index is 2.37. The van der Waals surface area contributed by atoms with Gasteiger partial charge in [0.1, 0.15) is 18.0 Å². The molecular formula is C14H15N5. The Kier molecular flexibility index (Phi) is 3.94. The molecule has 0 radical (unpaired) electrons. The number of para-hydroxylation sites is 1. The second-order valence-corrected chi connectivity index (χ2v) is 3.97. The maximum absolute atomic E-state index is 8.89. The molecule has 0 aliphatic carbocycles. The molecule has 0 unspecified atom stereocenters. The van der Waals surface area contributed by atoms with Crippen molar-refractivity contribution in [1.29, 1.82) is 5.26 Å². The Morgan fingerprint density at radius 2 is 1.84 bits per heavy atom. The molecule has 0 amide bonds. The molecule has 0 aliphatic rings. The van der Waals surface area contributed by atoms with E-state index < -0.39 is 0 Å². The second-order valence-electron chi connectivity index (χ2n) is 3.97. The fourth-order valence-corrected chi connectivity index (χ4v) is 1.80. The van der Waals surface area contributed by atoms with Gasteiger partial charge in [-0.2, -0.15) is 5.26 Å². The standard InChI is InChI=1S/C14H15N5/c1-3-19(12-7-5-4-6-8-12)14-9-13(16-11-17-14)18(2)10-15/h4-9,11H,3H2,1-2H3. The highest BCUT2D eigenvalue weighted by atomic mass is 15.2. The molecule has 0 saturated heterocycles. The zero-order valence-electron chi connectivity index (χ0n) is 11.0. The van der Waals surface area contributed by atoms with Crippen LogP contribution in [0.3, 0.4) is 0 Å². The fraction of sp³-hybridized carbons (Fsp3) is 0.214. The number of hydrogen-bond donors (Lipinski definition) is 0. The van der Waals surface area contributed by atoms with Gasteiger partial charge < -0.3 is 4.90 Å². The zero-order valence-corrected chi connectivity index (χ0v) is 11.0. The summed E-state index contributed by atoms with van der Waals surface area (Å²) in [5.41, 5.74) is 1.06. The first-order chi connectivity index (χ1) is 9.26. The summed E-state index contributed by atoms with van der Waals surface area (Å²) in [6, 6.07) is 11.8. The lowest BCUT2D eigenvalue weighted by Gasteiger charge is -2.22. The van der Waals surface area contributed by atoms with E-state index in [0.29, 0.717) is 5.82 Å². The van der Waals surface area contributed by atoms with Crippen LogP contribution in [0.5, 0.6) is 0 Å². The van der Waals surface area contributed by atoms with Gasteiger partial charge in [0.15, 0.2) is 6.19 Å². The van der Waals surface area contributed by atoms with E-state index >= 15 is 0 Å². The molecule has 96 valence electrons. The number of hydrogen-bond acceptors (Lipinski definition) is 5. The average Bonchev–Trinajstić information content (AvgIpc) is 2.48. The smallest absolute Gasteiger partial charge is 0.185 e. The van der Waals surface area contributed by atoms with Gasteiger partial charge in [0, 0.05) is 25.3 Å². The molecule has 0 aliphatic heterocycles. The highest BCUT2D eigenvalue weighted by Crippen LogP contribution is 2.24. The number of nitrogens with zero attached hydrogens (tertiary/aromatic N) is 5. The maximum atomic E-state index is 8.89. The Labute approximate surface area is 112 Å². The lowest BCUT2D eigenvalue weighted by atomic mass is 10.3. The molecule has 5 heteroatoms. The summed E-state index contributed by atoms with van der Waals surface area (Å²) in [5, 5.41) is 8.89. The molecule has 1 aromatic carbocycles. The maximum Gasteiger partial charge on any atom is 0.185 e. The normalized spacial score (nSPS) is 9.74. The minimum absolute atomic E-state index is 0.585. The average molecular weight is 253 g/mol. The van der Waals surface area contributed by atoms with Gasteiger partial charge in [-0.15, -0.1) is 0 Å². The molecule has 0 bridgehead atoms. The first-order valence-electron chi connectivity index (χ1n) is 6.04. The van der Waals surface area contributed by atoms with Crippen LogP contribution < -0.4 is 9.80 Å². The quantitative estimate of drug-likeness (QED) is 0.619. The van der Waals surface area contributed by atoms with E-state index in [9.17, 15) is 0 Å². The number of benzene rings is 1. The van der Waals surface area contributed by atoms with E-state index in [1.54, 1.807) is 13.1 Å². The number of rotatable bonds is 4. The van der Waals surface area contributed by atoms with E-state index in [4.69, 9.17) is 5.26 Å². The van der Waals surface area contributed by atoms with Gasteiger partial charge in [-0.05, 0) is 19.1 Å². The molecule has 19 heavy (non-hydrogen) atoms. The second kappa shape index (κ2) is 5.83. The van der Waals surface area contributed by atoms with Crippen molar-refractivity contribution in [2.45, 2.75) is 6.92 Å². The number of aromatic nitrogens is 2. The molecule has 0 saturated carbocycles. The third-order valence-electron chi connectivity index (χ3n) is 2.79.